The van der Waals surface area contributed by atoms with Crippen molar-refractivity contribution >= 4 is 10.9 Å². The molecule has 0 aliphatic rings. The van der Waals surface area contributed by atoms with Crippen LogP contribution in [-0.4, -0.2) is 10.1 Å². The molecule has 0 saturated carbocycles. The van der Waals surface area contributed by atoms with E-state index in [1.54, 1.807) is 18.3 Å². The smallest absolute Gasteiger partial charge is 0.141 e. The molecule has 0 fully saturated rings. The number of rotatable bonds is 0. The predicted octanol–water partition coefficient (Wildman–Crippen LogP) is 1.94. The van der Waals surface area contributed by atoms with Gasteiger partial charge in [0.25, 0.3) is 0 Å². The van der Waals surface area contributed by atoms with Crippen LogP contribution in [0, 0.1) is 0 Å². The molecule has 2 rings (SSSR count). The number of aromatic nitrogens is 1. The van der Waals surface area contributed by atoms with E-state index in [1.807, 2.05) is 18.2 Å². The first-order chi connectivity index (χ1) is 5.38. The van der Waals surface area contributed by atoms with E-state index in [0.717, 1.165) is 5.39 Å². The molecule has 1 heterocycles. The van der Waals surface area contributed by atoms with Crippen LogP contribution < -0.4 is 0 Å². The van der Waals surface area contributed by atoms with Crippen LogP contribution in [0.1, 0.15) is 0 Å². The second-order valence-electron chi connectivity index (χ2n) is 2.35. The van der Waals surface area contributed by atoms with Crippen molar-refractivity contribution in [3.05, 3.63) is 36.5 Å². The molecule has 3 heteroatoms. The Balaban J connectivity index is 0.000000720. The quantitative estimate of drug-likeness (QED) is 0.755. The Hall–Kier alpha value is -0.466. The van der Waals surface area contributed by atoms with E-state index in [9.17, 15) is 5.11 Å². The van der Waals surface area contributed by atoms with Crippen molar-refractivity contribution in [3.8, 4) is 5.75 Å². The van der Waals surface area contributed by atoms with Crippen LogP contribution in [0.15, 0.2) is 36.5 Å². The Bertz CT molecular complexity index is 384. The number of para-hydroxylation sites is 1. The van der Waals surface area contributed by atoms with Gasteiger partial charge in [-0.25, -0.2) is 0 Å². The summed E-state index contributed by atoms with van der Waals surface area (Å²) in [7, 11) is 0. The summed E-state index contributed by atoms with van der Waals surface area (Å²) in [6, 6.07) is 9.13. The van der Waals surface area contributed by atoms with Gasteiger partial charge in [0, 0.05) is 44.3 Å². The minimum absolute atomic E-state index is 0. The summed E-state index contributed by atoms with van der Waals surface area (Å²) >= 11 is 0. The van der Waals surface area contributed by atoms with Gasteiger partial charge in [-0.3, -0.25) is 4.98 Å². The summed E-state index contributed by atoms with van der Waals surface area (Å²) < 4.78 is 0. The van der Waals surface area contributed by atoms with Crippen molar-refractivity contribution < 1.29 is 37.8 Å². The summed E-state index contributed by atoms with van der Waals surface area (Å²) in [6.45, 7) is 0. The van der Waals surface area contributed by atoms with E-state index in [2.05, 4.69) is 4.98 Å². The molecule has 1 aromatic heterocycles. The van der Waals surface area contributed by atoms with Crippen LogP contribution >= 0.6 is 0 Å². The third kappa shape index (κ3) is 1.65. The molecule has 1 radical (unpaired) electrons. The molecule has 0 spiro atoms. The fourth-order valence-corrected chi connectivity index (χ4v) is 1.09. The Kier molecular flexibility index (Phi) is 3.18. The number of fused-ring (bicyclic) bond motifs is 1. The number of pyridine rings is 1. The molecular formula is C9H7NOY. The second kappa shape index (κ2) is 3.97. The van der Waals surface area contributed by atoms with E-state index in [-0.39, 0.29) is 38.5 Å². The van der Waals surface area contributed by atoms with Gasteiger partial charge < -0.3 is 5.11 Å². The van der Waals surface area contributed by atoms with Gasteiger partial charge in [-0.05, 0) is 12.1 Å². The molecule has 0 atom stereocenters. The van der Waals surface area contributed by atoms with Gasteiger partial charge in [0.05, 0.1) is 0 Å². The zero-order valence-electron chi connectivity index (χ0n) is 6.44. The number of nitrogens with zero attached hydrogens (tertiary/aromatic N) is 1. The number of phenolic OH excluding ortho intramolecular Hbond substituents is 1. The normalized spacial score (nSPS) is 9.33. The van der Waals surface area contributed by atoms with Crippen molar-refractivity contribution in [1.82, 2.24) is 4.98 Å². The van der Waals surface area contributed by atoms with Crippen LogP contribution in [0.5, 0.6) is 5.75 Å². The first kappa shape index (κ1) is 9.62. The van der Waals surface area contributed by atoms with Crippen LogP contribution in [0.4, 0.5) is 0 Å². The molecule has 0 aliphatic carbocycles. The predicted molar refractivity (Wildman–Crippen MR) is 43.4 cm³/mol. The molecule has 1 aromatic carbocycles. The molecule has 0 aliphatic heterocycles. The summed E-state index contributed by atoms with van der Waals surface area (Å²) in [5, 5.41) is 10.3. The molecule has 12 heavy (non-hydrogen) atoms. The summed E-state index contributed by atoms with van der Waals surface area (Å²) in [4.78, 5) is 4.03. The molecule has 0 saturated heterocycles. The standard InChI is InChI=1S/C9H7NO.Y/c11-8-5-1-3-7-4-2-6-10-9(7)8;/h1-6,11H;. The fraction of sp³-hybridized carbons (Fsp3) is 0. The van der Waals surface area contributed by atoms with Gasteiger partial charge in [0.2, 0.25) is 0 Å². The Morgan fingerprint density at radius 3 is 2.58 bits per heavy atom. The molecule has 0 bridgehead atoms. The average molecular weight is 234 g/mol. The zero-order valence-corrected chi connectivity index (χ0v) is 9.27. The summed E-state index contributed by atoms with van der Waals surface area (Å²) in [5.41, 5.74) is 0.662. The summed E-state index contributed by atoms with van der Waals surface area (Å²) in [6.07, 6.45) is 1.67. The molecule has 57 valence electrons. The third-order valence-electron chi connectivity index (χ3n) is 1.61. The molecule has 0 unspecified atom stereocenters. The monoisotopic (exact) mass is 234 g/mol. The SMILES string of the molecule is Oc1cccc2cccnc12.[Y]. The maximum atomic E-state index is 9.31. The van der Waals surface area contributed by atoms with Gasteiger partial charge in [-0.1, -0.05) is 18.2 Å². The fourth-order valence-electron chi connectivity index (χ4n) is 1.09. The topological polar surface area (TPSA) is 33.1 Å². The Morgan fingerprint density at radius 2 is 1.83 bits per heavy atom. The van der Waals surface area contributed by atoms with Crippen LogP contribution in [-0.2, 0) is 32.7 Å². The van der Waals surface area contributed by atoms with Gasteiger partial charge in [-0.2, -0.15) is 0 Å². The number of hydrogen-bond acceptors (Lipinski definition) is 2. The number of phenols is 1. The zero-order chi connectivity index (χ0) is 7.68. The first-order valence-corrected chi connectivity index (χ1v) is 3.40. The van der Waals surface area contributed by atoms with Crippen LogP contribution in [0.2, 0.25) is 0 Å². The van der Waals surface area contributed by atoms with Crippen molar-refractivity contribution in [2.75, 3.05) is 0 Å². The summed E-state index contributed by atoms with van der Waals surface area (Å²) in [5.74, 6) is 0.239. The molecule has 2 nitrogen and oxygen atoms in total. The van der Waals surface area contributed by atoms with Crippen molar-refractivity contribution in [2.45, 2.75) is 0 Å². The largest absolute Gasteiger partial charge is 0.506 e. The number of benzene rings is 1. The molecule has 1 N–H and O–H groups in total. The van der Waals surface area contributed by atoms with E-state index in [0.29, 0.717) is 5.52 Å². The van der Waals surface area contributed by atoms with Crippen molar-refractivity contribution in [1.29, 1.82) is 0 Å². The third-order valence-corrected chi connectivity index (χ3v) is 1.61. The second-order valence-corrected chi connectivity index (χ2v) is 2.35. The van der Waals surface area contributed by atoms with E-state index < -0.39 is 0 Å². The molecule has 0 amide bonds. The number of aromatic hydroxyl groups is 1. The number of hydrogen-bond donors (Lipinski definition) is 1. The van der Waals surface area contributed by atoms with E-state index in [1.165, 1.54) is 0 Å². The average Bonchev–Trinajstić information content (AvgIpc) is 2.06. The molecule has 2 aromatic rings. The van der Waals surface area contributed by atoms with Gasteiger partial charge in [-0.15, -0.1) is 0 Å². The Morgan fingerprint density at radius 1 is 1.08 bits per heavy atom. The van der Waals surface area contributed by atoms with E-state index in [4.69, 9.17) is 0 Å². The van der Waals surface area contributed by atoms with Crippen molar-refractivity contribution in [2.24, 2.45) is 0 Å². The van der Waals surface area contributed by atoms with Gasteiger partial charge in [0.15, 0.2) is 0 Å². The first-order valence-electron chi connectivity index (χ1n) is 3.40. The maximum Gasteiger partial charge on any atom is 0.141 e. The van der Waals surface area contributed by atoms with Gasteiger partial charge >= 0.3 is 0 Å². The van der Waals surface area contributed by atoms with Crippen molar-refractivity contribution in [3.63, 3.8) is 0 Å². The van der Waals surface area contributed by atoms with Crippen LogP contribution in [0.3, 0.4) is 0 Å². The maximum absolute atomic E-state index is 9.31. The van der Waals surface area contributed by atoms with Crippen LogP contribution in [0.25, 0.3) is 10.9 Å². The molecular weight excluding hydrogens is 227 g/mol. The minimum atomic E-state index is 0. The van der Waals surface area contributed by atoms with E-state index >= 15 is 0 Å². The van der Waals surface area contributed by atoms with Gasteiger partial charge in [0.1, 0.15) is 11.3 Å². The minimum Gasteiger partial charge on any atom is -0.506 e. The Labute approximate surface area is 95.5 Å².